The number of rotatable bonds is 4. The minimum absolute atomic E-state index is 0.154. The molecule has 1 aromatic heterocycles. The molecule has 0 radical (unpaired) electrons. The van der Waals surface area contributed by atoms with Gasteiger partial charge < -0.3 is 9.52 Å². The van der Waals surface area contributed by atoms with Gasteiger partial charge in [0, 0.05) is 11.1 Å². The summed E-state index contributed by atoms with van der Waals surface area (Å²) in [4.78, 5) is 15.2. The van der Waals surface area contributed by atoms with Gasteiger partial charge in [-0.15, -0.1) is 0 Å². The molecule has 22 heavy (non-hydrogen) atoms. The number of carboxylic acid groups (broad SMARTS) is 1. The van der Waals surface area contributed by atoms with Crippen LogP contribution in [0.1, 0.15) is 15.9 Å². The molecular formula is C17H12FNO3. The van der Waals surface area contributed by atoms with Crippen molar-refractivity contribution in [3.05, 3.63) is 65.9 Å². The lowest BCUT2D eigenvalue weighted by Crippen LogP contribution is -1.95. The standard InChI is InChI=1S/C17H12FNO3/c18-9-13-4-1-2-7-14(13)15-10-19-16(22-15)11-5-3-6-12(8-11)17(20)21/h1-8,10H,9H2,(H,20,21). The van der Waals surface area contributed by atoms with Crippen LogP contribution in [0.5, 0.6) is 0 Å². The highest BCUT2D eigenvalue weighted by Crippen LogP contribution is 2.29. The van der Waals surface area contributed by atoms with E-state index in [-0.39, 0.29) is 5.56 Å². The minimum atomic E-state index is -1.02. The first-order valence-corrected chi connectivity index (χ1v) is 6.63. The van der Waals surface area contributed by atoms with Crippen molar-refractivity contribution in [2.75, 3.05) is 0 Å². The summed E-state index contributed by atoms with van der Waals surface area (Å²) < 4.78 is 18.7. The number of aromatic carboxylic acids is 1. The normalized spacial score (nSPS) is 10.6. The van der Waals surface area contributed by atoms with Crippen molar-refractivity contribution in [2.45, 2.75) is 6.67 Å². The Labute approximate surface area is 125 Å². The predicted molar refractivity (Wildman–Crippen MR) is 79.1 cm³/mol. The molecule has 0 saturated heterocycles. The summed E-state index contributed by atoms with van der Waals surface area (Å²) in [6.07, 6.45) is 1.51. The molecule has 0 spiro atoms. The first-order valence-electron chi connectivity index (χ1n) is 6.63. The van der Waals surface area contributed by atoms with Gasteiger partial charge in [-0.2, -0.15) is 0 Å². The van der Waals surface area contributed by atoms with Crippen molar-refractivity contribution in [1.29, 1.82) is 0 Å². The molecule has 110 valence electrons. The zero-order valence-corrected chi connectivity index (χ0v) is 11.5. The van der Waals surface area contributed by atoms with Gasteiger partial charge in [0.2, 0.25) is 5.89 Å². The molecule has 5 heteroatoms. The lowest BCUT2D eigenvalue weighted by Gasteiger charge is -2.02. The highest BCUT2D eigenvalue weighted by molar-refractivity contribution is 5.89. The van der Waals surface area contributed by atoms with Gasteiger partial charge in [0.25, 0.3) is 0 Å². The van der Waals surface area contributed by atoms with Crippen molar-refractivity contribution in [1.82, 2.24) is 4.98 Å². The molecule has 3 aromatic rings. The maximum atomic E-state index is 13.0. The van der Waals surface area contributed by atoms with E-state index < -0.39 is 12.6 Å². The molecule has 4 nitrogen and oxygen atoms in total. The van der Waals surface area contributed by atoms with E-state index in [1.807, 2.05) is 0 Å². The third kappa shape index (κ3) is 2.61. The lowest BCUT2D eigenvalue weighted by molar-refractivity contribution is 0.0697. The van der Waals surface area contributed by atoms with Crippen LogP contribution in [0, 0.1) is 0 Å². The zero-order chi connectivity index (χ0) is 15.5. The van der Waals surface area contributed by atoms with Gasteiger partial charge in [0.15, 0.2) is 5.76 Å². The van der Waals surface area contributed by atoms with Gasteiger partial charge in [0.1, 0.15) is 6.67 Å². The second-order valence-corrected chi connectivity index (χ2v) is 4.71. The molecule has 0 aliphatic carbocycles. The molecule has 1 heterocycles. The predicted octanol–water partition coefficient (Wildman–Crippen LogP) is 4.18. The smallest absolute Gasteiger partial charge is 0.335 e. The molecule has 0 unspecified atom stereocenters. The van der Waals surface area contributed by atoms with Crippen molar-refractivity contribution in [3.63, 3.8) is 0 Å². The Morgan fingerprint density at radius 2 is 2.00 bits per heavy atom. The first-order chi connectivity index (χ1) is 10.7. The third-order valence-electron chi connectivity index (χ3n) is 3.29. The van der Waals surface area contributed by atoms with Gasteiger partial charge >= 0.3 is 5.97 Å². The summed E-state index contributed by atoms with van der Waals surface area (Å²) in [5.41, 5.74) is 1.87. The molecule has 0 fully saturated rings. The number of hydrogen-bond donors (Lipinski definition) is 1. The Hall–Kier alpha value is -2.95. The van der Waals surface area contributed by atoms with Gasteiger partial charge in [0.05, 0.1) is 11.8 Å². The summed E-state index contributed by atoms with van der Waals surface area (Å²) in [5.74, 6) is -0.271. The number of carbonyl (C=O) groups is 1. The largest absolute Gasteiger partial charge is 0.478 e. The maximum Gasteiger partial charge on any atom is 0.335 e. The Balaban J connectivity index is 2.01. The fraction of sp³-hybridized carbons (Fsp3) is 0.0588. The van der Waals surface area contributed by atoms with E-state index in [9.17, 15) is 9.18 Å². The molecule has 0 saturated carbocycles. The van der Waals surface area contributed by atoms with Crippen LogP contribution >= 0.6 is 0 Å². The fourth-order valence-corrected chi connectivity index (χ4v) is 2.19. The van der Waals surface area contributed by atoms with Gasteiger partial charge in [-0.25, -0.2) is 14.2 Å². The second kappa shape index (κ2) is 5.81. The summed E-state index contributed by atoms with van der Waals surface area (Å²) in [7, 11) is 0. The molecule has 0 bridgehead atoms. The Bertz CT molecular complexity index is 826. The lowest BCUT2D eigenvalue weighted by atomic mass is 10.1. The Morgan fingerprint density at radius 3 is 2.77 bits per heavy atom. The molecule has 0 atom stereocenters. The van der Waals surface area contributed by atoms with Crippen LogP contribution in [0.25, 0.3) is 22.8 Å². The summed E-state index contributed by atoms with van der Waals surface area (Å²) >= 11 is 0. The van der Waals surface area contributed by atoms with Crippen LogP contribution in [0.4, 0.5) is 4.39 Å². The van der Waals surface area contributed by atoms with Gasteiger partial charge in [-0.3, -0.25) is 0 Å². The van der Waals surface area contributed by atoms with Crippen LogP contribution in [0.2, 0.25) is 0 Å². The molecule has 0 amide bonds. The van der Waals surface area contributed by atoms with Crippen LogP contribution in [0.15, 0.2) is 59.1 Å². The quantitative estimate of drug-likeness (QED) is 0.784. The number of oxazole rings is 1. The van der Waals surface area contributed by atoms with Crippen molar-refractivity contribution in [3.8, 4) is 22.8 Å². The molecule has 0 aliphatic heterocycles. The molecule has 2 aromatic carbocycles. The van der Waals surface area contributed by atoms with E-state index in [4.69, 9.17) is 9.52 Å². The van der Waals surface area contributed by atoms with Crippen molar-refractivity contribution >= 4 is 5.97 Å². The number of halogens is 1. The summed E-state index contributed by atoms with van der Waals surface area (Å²) in [6, 6.07) is 13.3. The van der Waals surface area contributed by atoms with Gasteiger partial charge in [-0.1, -0.05) is 30.3 Å². The Kier molecular flexibility index (Phi) is 3.70. The van der Waals surface area contributed by atoms with E-state index in [0.29, 0.717) is 28.3 Å². The third-order valence-corrected chi connectivity index (χ3v) is 3.29. The summed E-state index contributed by atoms with van der Waals surface area (Å²) in [5, 5.41) is 9.01. The highest BCUT2D eigenvalue weighted by atomic mass is 19.1. The Morgan fingerprint density at radius 1 is 1.18 bits per heavy atom. The van der Waals surface area contributed by atoms with Crippen molar-refractivity contribution in [2.24, 2.45) is 0 Å². The summed E-state index contributed by atoms with van der Waals surface area (Å²) in [6.45, 7) is -0.597. The number of alkyl halides is 1. The van der Waals surface area contributed by atoms with Crippen LogP contribution in [-0.4, -0.2) is 16.1 Å². The van der Waals surface area contributed by atoms with E-state index in [1.54, 1.807) is 36.4 Å². The van der Waals surface area contributed by atoms with Crippen LogP contribution in [0.3, 0.4) is 0 Å². The molecule has 0 aliphatic rings. The molecule has 3 rings (SSSR count). The van der Waals surface area contributed by atoms with E-state index in [2.05, 4.69) is 4.98 Å². The number of nitrogens with zero attached hydrogens (tertiary/aromatic N) is 1. The first kappa shape index (κ1) is 14.0. The van der Waals surface area contributed by atoms with E-state index >= 15 is 0 Å². The topological polar surface area (TPSA) is 63.3 Å². The van der Waals surface area contributed by atoms with E-state index in [1.165, 1.54) is 18.3 Å². The second-order valence-electron chi connectivity index (χ2n) is 4.71. The van der Waals surface area contributed by atoms with Crippen LogP contribution in [-0.2, 0) is 6.67 Å². The zero-order valence-electron chi connectivity index (χ0n) is 11.5. The molecule has 1 N–H and O–H groups in total. The fourth-order valence-electron chi connectivity index (χ4n) is 2.19. The van der Waals surface area contributed by atoms with Gasteiger partial charge in [-0.05, 0) is 23.8 Å². The average molecular weight is 297 g/mol. The highest BCUT2D eigenvalue weighted by Gasteiger charge is 2.13. The number of aromatic nitrogens is 1. The SMILES string of the molecule is O=C(O)c1cccc(-c2ncc(-c3ccccc3CF)o2)c1. The van der Waals surface area contributed by atoms with Crippen molar-refractivity contribution < 1.29 is 18.7 Å². The maximum absolute atomic E-state index is 13.0. The number of hydrogen-bond acceptors (Lipinski definition) is 3. The average Bonchev–Trinajstić information content (AvgIpc) is 3.04. The minimum Gasteiger partial charge on any atom is -0.478 e. The number of carboxylic acids is 1. The van der Waals surface area contributed by atoms with Crippen LogP contribution < -0.4 is 0 Å². The van der Waals surface area contributed by atoms with E-state index in [0.717, 1.165) is 0 Å². The monoisotopic (exact) mass is 297 g/mol. The molecular weight excluding hydrogens is 285 g/mol. The number of benzene rings is 2.